The summed E-state index contributed by atoms with van der Waals surface area (Å²) in [4.78, 5) is -0.0600. The summed E-state index contributed by atoms with van der Waals surface area (Å²) in [7, 11) is -4.19. The van der Waals surface area contributed by atoms with Gasteiger partial charge in [-0.3, -0.25) is 4.55 Å². The van der Waals surface area contributed by atoms with Gasteiger partial charge in [0.1, 0.15) is 0 Å². The van der Waals surface area contributed by atoms with Gasteiger partial charge in [-0.2, -0.15) is 13.0 Å². The molecule has 0 aromatic heterocycles. The van der Waals surface area contributed by atoms with E-state index in [1.807, 2.05) is 6.92 Å². The standard InChI is InChI=1S/C15H21NO3S2/c1-5-6-14(20)16-10(2)15(3,4)12-9-11(21(17,18)19)7-8-13(12)16/h7-9,14H,5-6H2,1-4H3,(H-,17,18,19,20)/p+1. The lowest BCUT2D eigenvalue weighted by molar-refractivity contribution is -0.455. The minimum atomic E-state index is -4.19. The molecule has 0 radical (unpaired) electrons. The molecular weight excluding hydrogens is 306 g/mol. The highest BCUT2D eigenvalue weighted by molar-refractivity contribution is 7.85. The van der Waals surface area contributed by atoms with E-state index in [4.69, 9.17) is 0 Å². The van der Waals surface area contributed by atoms with Crippen LogP contribution in [0.15, 0.2) is 23.1 Å². The summed E-state index contributed by atoms with van der Waals surface area (Å²) in [5.41, 5.74) is 2.73. The fourth-order valence-corrected chi connectivity index (χ4v) is 3.90. The number of rotatable bonds is 4. The first-order chi connectivity index (χ1) is 9.60. The van der Waals surface area contributed by atoms with Crippen molar-refractivity contribution in [2.45, 2.75) is 56.2 Å². The molecule has 0 saturated carbocycles. The van der Waals surface area contributed by atoms with E-state index >= 15 is 0 Å². The van der Waals surface area contributed by atoms with Gasteiger partial charge in [-0.1, -0.05) is 6.92 Å². The molecule has 0 spiro atoms. The van der Waals surface area contributed by atoms with Gasteiger partial charge in [-0.25, -0.2) is 0 Å². The lowest BCUT2D eigenvalue weighted by atomic mass is 9.82. The van der Waals surface area contributed by atoms with Gasteiger partial charge in [0.15, 0.2) is 5.71 Å². The van der Waals surface area contributed by atoms with Gasteiger partial charge in [0.25, 0.3) is 10.1 Å². The van der Waals surface area contributed by atoms with Gasteiger partial charge in [0.05, 0.1) is 10.3 Å². The Bertz CT molecular complexity index is 706. The SMILES string of the molecule is CCCC(S)[N+]1=C(C)C(C)(C)c2cc(S(=O)(=O)O)ccc21. The van der Waals surface area contributed by atoms with E-state index in [0.717, 1.165) is 29.8 Å². The Hall–Kier alpha value is -0.850. The number of fused-ring (bicyclic) bond motifs is 1. The molecule has 116 valence electrons. The Labute approximate surface area is 132 Å². The first kappa shape index (κ1) is 16.5. The summed E-state index contributed by atoms with van der Waals surface area (Å²) in [6.07, 6.45) is 1.97. The maximum Gasteiger partial charge on any atom is 0.294 e. The third kappa shape index (κ3) is 2.76. The van der Waals surface area contributed by atoms with Crippen LogP contribution in [0, 0.1) is 0 Å². The Balaban J connectivity index is 2.64. The zero-order valence-corrected chi connectivity index (χ0v) is 14.5. The predicted octanol–water partition coefficient (Wildman–Crippen LogP) is 3.39. The van der Waals surface area contributed by atoms with Crippen LogP contribution in [-0.4, -0.2) is 28.6 Å². The van der Waals surface area contributed by atoms with Crippen LogP contribution in [0.5, 0.6) is 0 Å². The molecule has 21 heavy (non-hydrogen) atoms. The quantitative estimate of drug-likeness (QED) is 0.506. The third-order valence-electron chi connectivity index (χ3n) is 4.31. The fourth-order valence-electron chi connectivity index (χ4n) is 2.83. The fraction of sp³-hybridized carbons (Fsp3) is 0.533. The first-order valence-electron chi connectivity index (χ1n) is 7.04. The van der Waals surface area contributed by atoms with Crippen LogP contribution < -0.4 is 0 Å². The van der Waals surface area contributed by atoms with Gasteiger partial charge in [-0.15, -0.1) is 12.6 Å². The largest absolute Gasteiger partial charge is 0.294 e. The molecule has 4 nitrogen and oxygen atoms in total. The van der Waals surface area contributed by atoms with E-state index in [9.17, 15) is 13.0 Å². The lowest BCUT2D eigenvalue weighted by Gasteiger charge is -2.15. The van der Waals surface area contributed by atoms with Crippen molar-refractivity contribution >= 4 is 34.1 Å². The Morgan fingerprint density at radius 2 is 2.00 bits per heavy atom. The molecule has 2 rings (SSSR count). The number of thiol groups is 1. The summed E-state index contributed by atoms with van der Waals surface area (Å²) >= 11 is 4.69. The van der Waals surface area contributed by atoms with Gasteiger partial charge in [-0.05, 0) is 32.4 Å². The molecule has 1 aromatic carbocycles. The van der Waals surface area contributed by atoms with Gasteiger partial charge < -0.3 is 0 Å². The molecule has 0 saturated heterocycles. The van der Waals surface area contributed by atoms with Crippen molar-refractivity contribution in [3.05, 3.63) is 23.8 Å². The highest BCUT2D eigenvalue weighted by Crippen LogP contribution is 2.42. The maximum absolute atomic E-state index is 11.4. The molecule has 0 amide bonds. The van der Waals surface area contributed by atoms with Crippen LogP contribution in [0.2, 0.25) is 0 Å². The molecular formula is C15H22NO3S2+. The predicted molar refractivity (Wildman–Crippen MR) is 87.6 cm³/mol. The zero-order chi connectivity index (χ0) is 16.0. The molecule has 1 aliphatic rings. The monoisotopic (exact) mass is 328 g/mol. The van der Waals surface area contributed by atoms with E-state index < -0.39 is 10.1 Å². The molecule has 0 fully saturated rings. The zero-order valence-electron chi connectivity index (χ0n) is 12.8. The van der Waals surface area contributed by atoms with Crippen LogP contribution in [0.1, 0.15) is 46.1 Å². The van der Waals surface area contributed by atoms with Crippen LogP contribution >= 0.6 is 12.6 Å². The minimum Gasteiger partial charge on any atom is -0.282 e. The summed E-state index contributed by atoms with van der Waals surface area (Å²) in [6.45, 7) is 8.27. The molecule has 0 bridgehead atoms. The molecule has 1 aliphatic heterocycles. The van der Waals surface area contributed by atoms with E-state index in [1.54, 1.807) is 12.1 Å². The first-order valence-corrected chi connectivity index (χ1v) is 8.99. The topological polar surface area (TPSA) is 57.4 Å². The van der Waals surface area contributed by atoms with Crippen LogP contribution in [0.3, 0.4) is 0 Å². The second-order valence-corrected chi connectivity index (χ2v) is 8.02. The summed E-state index contributed by atoms with van der Waals surface area (Å²) in [5, 5.41) is 0.0621. The van der Waals surface area contributed by atoms with Crippen molar-refractivity contribution in [2.24, 2.45) is 0 Å². The molecule has 0 aliphatic carbocycles. The second kappa shape index (κ2) is 5.41. The van der Waals surface area contributed by atoms with Crippen LogP contribution in [-0.2, 0) is 15.5 Å². The van der Waals surface area contributed by atoms with Crippen molar-refractivity contribution in [3.63, 3.8) is 0 Å². The summed E-state index contributed by atoms with van der Waals surface area (Å²) in [5.74, 6) is 0. The maximum atomic E-state index is 11.4. The van der Waals surface area contributed by atoms with Crippen molar-refractivity contribution in [2.75, 3.05) is 0 Å². The van der Waals surface area contributed by atoms with Gasteiger partial charge in [0, 0.05) is 25.0 Å². The molecule has 1 N–H and O–H groups in total. The van der Waals surface area contributed by atoms with E-state index in [2.05, 4.69) is 38.0 Å². The number of hydrogen-bond donors (Lipinski definition) is 2. The van der Waals surface area contributed by atoms with Crippen molar-refractivity contribution in [3.8, 4) is 0 Å². The lowest BCUT2D eigenvalue weighted by Crippen LogP contribution is -2.29. The van der Waals surface area contributed by atoms with Crippen molar-refractivity contribution in [1.29, 1.82) is 0 Å². The average Bonchev–Trinajstić information content (AvgIpc) is 2.57. The second-order valence-electron chi connectivity index (χ2n) is 6.00. The Morgan fingerprint density at radius 1 is 1.38 bits per heavy atom. The molecule has 6 heteroatoms. The Morgan fingerprint density at radius 3 is 2.52 bits per heavy atom. The van der Waals surface area contributed by atoms with E-state index in [1.165, 1.54) is 6.07 Å². The highest BCUT2D eigenvalue weighted by atomic mass is 32.2. The molecule has 1 heterocycles. The van der Waals surface area contributed by atoms with Gasteiger partial charge in [0.2, 0.25) is 11.1 Å². The van der Waals surface area contributed by atoms with Crippen LogP contribution in [0.25, 0.3) is 0 Å². The number of benzene rings is 1. The van der Waals surface area contributed by atoms with Crippen molar-refractivity contribution < 1.29 is 17.5 Å². The van der Waals surface area contributed by atoms with E-state index in [0.29, 0.717) is 0 Å². The van der Waals surface area contributed by atoms with E-state index in [-0.39, 0.29) is 15.7 Å². The van der Waals surface area contributed by atoms with Crippen molar-refractivity contribution in [1.82, 2.24) is 0 Å². The minimum absolute atomic E-state index is 0.0600. The molecule has 1 atom stereocenters. The number of nitrogens with zero attached hydrogens (tertiary/aromatic N) is 1. The highest BCUT2D eigenvalue weighted by Gasteiger charge is 2.45. The summed E-state index contributed by atoms with van der Waals surface area (Å²) in [6, 6.07) is 4.78. The van der Waals surface area contributed by atoms with Gasteiger partial charge >= 0.3 is 0 Å². The Kier molecular flexibility index (Phi) is 4.26. The van der Waals surface area contributed by atoms with Crippen LogP contribution in [0.4, 0.5) is 5.69 Å². The average molecular weight is 328 g/mol. The third-order valence-corrected chi connectivity index (χ3v) is 5.65. The molecule has 1 aromatic rings. The molecule has 1 unspecified atom stereocenters. The number of hydrogen-bond acceptors (Lipinski definition) is 3. The smallest absolute Gasteiger partial charge is 0.282 e. The summed E-state index contributed by atoms with van der Waals surface area (Å²) < 4.78 is 34.1. The normalized spacial score (nSPS) is 18.8.